The first-order valence-corrected chi connectivity index (χ1v) is 6.64. The fourth-order valence-electron chi connectivity index (χ4n) is 2.68. The van der Waals surface area contributed by atoms with E-state index in [0.29, 0.717) is 11.9 Å². The largest absolute Gasteiger partial charge is 0.381 e. The van der Waals surface area contributed by atoms with Crippen molar-refractivity contribution in [1.29, 1.82) is 0 Å². The SMILES string of the molecule is CC1CCC(C(=O)NC2CCOCC2)CC1. The van der Waals surface area contributed by atoms with Crippen LogP contribution in [0.25, 0.3) is 0 Å². The second-order valence-corrected chi connectivity index (χ2v) is 5.35. The van der Waals surface area contributed by atoms with Crippen LogP contribution in [-0.2, 0) is 9.53 Å². The second-order valence-electron chi connectivity index (χ2n) is 5.35. The lowest BCUT2D eigenvalue weighted by Gasteiger charge is -2.29. The van der Waals surface area contributed by atoms with Crippen molar-refractivity contribution < 1.29 is 9.53 Å². The average molecular weight is 225 g/mol. The molecule has 3 heteroatoms. The average Bonchev–Trinajstić information content (AvgIpc) is 2.31. The molecule has 0 radical (unpaired) electrons. The maximum absolute atomic E-state index is 12.0. The van der Waals surface area contributed by atoms with Crippen molar-refractivity contribution in [2.75, 3.05) is 13.2 Å². The third-order valence-corrected chi connectivity index (χ3v) is 3.95. The van der Waals surface area contributed by atoms with E-state index in [4.69, 9.17) is 4.74 Å². The van der Waals surface area contributed by atoms with Crippen LogP contribution in [0.4, 0.5) is 0 Å². The number of hydrogen-bond acceptors (Lipinski definition) is 2. The zero-order chi connectivity index (χ0) is 11.4. The summed E-state index contributed by atoms with van der Waals surface area (Å²) in [5, 5.41) is 3.18. The van der Waals surface area contributed by atoms with Gasteiger partial charge in [0, 0.05) is 25.2 Å². The third-order valence-electron chi connectivity index (χ3n) is 3.95. The van der Waals surface area contributed by atoms with Gasteiger partial charge in [-0.2, -0.15) is 0 Å². The second kappa shape index (κ2) is 5.67. The molecule has 0 aromatic carbocycles. The van der Waals surface area contributed by atoms with Crippen LogP contribution in [0.15, 0.2) is 0 Å². The molecular weight excluding hydrogens is 202 g/mol. The number of carbonyl (C=O) groups is 1. The molecule has 1 saturated heterocycles. The zero-order valence-corrected chi connectivity index (χ0v) is 10.2. The molecule has 2 rings (SSSR count). The van der Waals surface area contributed by atoms with E-state index in [1.165, 1.54) is 12.8 Å². The molecule has 2 aliphatic rings. The lowest BCUT2D eigenvalue weighted by molar-refractivity contribution is -0.127. The van der Waals surface area contributed by atoms with E-state index in [1.807, 2.05) is 0 Å². The molecule has 2 fully saturated rings. The van der Waals surface area contributed by atoms with Crippen molar-refractivity contribution in [2.45, 2.75) is 51.5 Å². The quantitative estimate of drug-likeness (QED) is 0.781. The molecule has 1 amide bonds. The summed E-state index contributed by atoms with van der Waals surface area (Å²) >= 11 is 0. The zero-order valence-electron chi connectivity index (χ0n) is 10.2. The molecule has 1 aliphatic carbocycles. The molecule has 0 bridgehead atoms. The van der Waals surface area contributed by atoms with Crippen LogP contribution in [0.5, 0.6) is 0 Å². The van der Waals surface area contributed by atoms with Gasteiger partial charge in [-0.05, 0) is 44.4 Å². The van der Waals surface area contributed by atoms with Gasteiger partial charge in [-0.1, -0.05) is 6.92 Å². The smallest absolute Gasteiger partial charge is 0.223 e. The van der Waals surface area contributed by atoms with Crippen LogP contribution in [0.1, 0.15) is 45.4 Å². The van der Waals surface area contributed by atoms with Gasteiger partial charge in [0.25, 0.3) is 0 Å². The van der Waals surface area contributed by atoms with Crippen LogP contribution in [0.2, 0.25) is 0 Å². The number of hydrogen-bond donors (Lipinski definition) is 1. The Labute approximate surface area is 97.9 Å². The minimum absolute atomic E-state index is 0.277. The van der Waals surface area contributed by atoms with Gasteiger partial charge >= 0.3 is 0 Å². The molecule has 0 aromatic heterocycles. The van der Waals surface area contributed by atoms with E-state index in [-0.39, 0.29) is 5.92 Å². The first-order valence-electron chi connectivity index (χ1n) is 6.64. The summed E-state index contributed by atoms with van der Waals surface area (Å²) in [6.45, 7) is 3.88. The predicted molar refractivity (Wildman–Crippen MR) is 63.1 cm³/mol. The first-order chi connectivity index (χ1) is 7.75. The Morgan fingerprint density at radius 3 is 2.31 bits per heavy atom. The first kappa shape index (κ1) is 11.9. The Balaban J connectivity index is 1.74. The highest BCUT2D eigenvalue weighted by Crippen LogP contribution is 2.28. The monoisotopic (exact) mass is 225 g/mol. The topological polar surface area (TPSA) is 38.3 Å². The molecule has 1 aliphatic heterocycles. The van der Waals surface area contributed by atoms with Crippen molar-refractivity contribution in [1.82, 2.24) is 5.32 Å². The molecule has 1 N–H and O–H groups in total. The van der Waals surface area contributed by atoms with Gasteiger partial charge in [-0.15, -0.1) is 0 Å². The fraction of sp³-hybridized carbons (Fsp3) is 0.923. The van der Waals surface area contributed by atoms with Crippen molar-refractivity contribution in [3.05, 3.63) is 0 Å². The molecule has 0 spiro atoms. The third kappa shape index (κ3) is 3.21. The van der Waals surface area contributed by atoms with Gasteiger partial charge in [0.1, 0.15) is 0 Å². The number of carbonyl (C=O) groups excluding carboxylic acids is 1. The molecule has 1 saturated carbocycles. The van der Waals surface area contributed by atoms with E-state index in [9.17, 15) is 4.79 Å². The van der Waals surface area contributed by atoms with E-state index in [1.54, 1.807) is 0 Å². The van der Waals surface area contributed by atoms with E-state index >= 15 is 0 Å². The molecule has 1 heterocycles. The van der Waals surface area contributed by atoms with Crippen molar-refractivity contribution in [3.63, 3.8) is 0 Å². The highest BCUT2D eigenvalue weighted by atomic mass is 16.5. The minimum Gasteiger partial charge on any atom is -0.381 e. The molecule has 92 valence electrons. The van der Waals surface area contributed by atoms with Gasteiger partial charge < -0.3 is 10.1 Å². The van der Waals surface area contributed by atoms with E-state index in [2.05, 4.69) is 12.2 Å². The summed E-state index contributed by atoms with van der Waals surface area (Å²) < 4.78 is 5.29. The summed E-state index contributed by atoms with van der Waals surface area (Å²) in [5.74, 6) is 1.38. The molecule has 0 atom stereocenters. The Bertz CT molecular complexity index is 228. The van der Waals surface area contributed by atoms with E-state index < -0.39 is 0 Å². The van der Waals surface area contributed by atoms with Crippen molar-refractivity contribution >= 4 is 5.91 Å². The van der Waals surface area contributed by atoms with Crippen LogP contribution in [-0.4, -0.2) is 25.2 Å². The van der Waals surface area contributed by atoms with Crippen LogP contribution >= 0.6 is 0 Å². The van der Waals surface area contributed by atoms with Crippen molar-refractivity contribution in [3.8, 4) is 0 Å². The Kier molecular flexibility index (Phi) is 4.22. The van der Waals surface area contributed by atoms with Crippen LogP contribution < -0.4 is 5.32 Å². The number of nitrogens with one attached hydrogen (secondary N) is 1. The number of rotatable bonds is 2. The normalized spacial score (nSPS) is 32.3. The lowest BCUT2D eigenvalue weighted by Crippen LogP contribution is -2.42. The predicted octanol–water partition coefficient (Wildman–Crippen LogP) is 2.11. The molecular formula is C13H23NO2. The molecule has 3 nitrogen and oxygen atoms in total. The summed E-state index contributed by atoms with van der Waals surface area (Å²) in [4.78, 5) is 12.0. The summed E-state index contributed by atoms with van der Waals surface area (Å²) in [6, 6.07) is 0.362. The maximum Gasteiger partial charge on any atom is 0.223 e. The Morgan fingerprint density at radius 2 is 1.69 bits per heavy atom. The van der Waals surface area contributed by atoms with Crippen LogP contribution in [0, 0.1) is 11.8 Å². The molecule has 0 aromatic rings. The Morgan fingerprint density at radius 1 is 1.06 bits per heavy atom. The van der Waals surface area contributed by atoms with Gasteiger partial charge in [-0.3, -0.25) is 4.79 Å². The molecule has 0 unspecified atom stereocenters. The van der Waals surface area contributed by atoms with Gasteiger partial charge in [0.15, 0.2) is 0 Å². The number of amides is 1. The standard InChI is InChI=1S/C13H23NO2/c1-10-2-4-11(5-3-10)13(15)14-12-6-8-16-9-7-12/h10-12H,2-9H2,1H3,(H,14,15). The summed E-state index contributed by atoms with van der Waals surface area (Å²) in [5.41, 5.74) is 0. The minimum atomic E-state index is 0.277. The van der Waals surface area contributed by atoms with Gasteiger partial charge in [0.05, 0.1) is 0 Å². The van der Waals surface area contributed by atoms with E-state index in [0.717, 1.165) is 44.8 Å². The van der Waals surface area contributed by atoms with Crippen LogP contribution in [0.3, 0.4) is 0 Å². The highest BCUT2D eigenvalue weighted by molar-refractivity contribution is 5.79. The van der Waals surface area contributed by atoms with Gasteiger partial charge in [-0.25, -0.2) is 0 Å². The fourth-order valence-corrected chi connectivity index (χ4v) is 2.68. The summed E-state index contributed by atoms with van der Waals surface area (Å²) in [7, 11) is 0. The Hall–Kier alpha value is -0.570. The lowest BCUT2D eigenvalue weighted by atomic mass is 9.82. The highest BCUT2D eigenvalue weighted by Gasteiger charge is 2.26. The number of ether oxygens (including phenoxy) is 1. The maximum atomic E-state index is 12.0. The van der Waals surface area contributed by atoms with Gasteiger partial charge in [0.2, 0.25) is 5.91 Å². The molecule has 16 heavy (non-hydrogen) atoms. The summed E-state index contributed by atoms with van der Waals surface area (Å²) in [6.07, 6.45) is 6.55. The van der Waals surface area contributed by atoms with Crippen molar-refractivity contribution in [2.24, 2.45) is 11.8 Å².